The molecule has 1 atom stereocenters. The SMILES string of the molecule is COCOC(C(Oc1ccc([S+](c2ccccc2)c2ccccc2)cc1)C12CC3CC(CC(C3)C1)C2)(C(F)(F)F)C(F)(F)F. The maximum Gasteiger partial charge on any atom is 0.430 e. The third-order valence-corrected chi connectivity index (χ3v) is 11.8. The Kier molecular flexibility index (Phi) is 8.47. The monoisotopic (exact) mass is 637 g/mol. The molecule has 0 saturated heterocycles. The highest BCUT2D eigenvalue weighted by Gasteiger charge is 2.81. The zero-order valence-electron chi connectivity index (χ0n) is 24.2. The van der Waals surface area contributed by atoms with Crippen molar-refractivity contribution in [2.45, 2.75) is 77.3 Å². The minimum Gasteiger partial charge on any atom is -0.486 e. The molecule has 0 N–H and O–H groups in total. The van der Waals surface area contributed by atoms with Gasteiger partial charge in [-0.1, -0.05) is 36.4 Å². The fourth-order valence-corrected chi connectivity index (χ4v) is 10.4. The van der Waals surface area contributed by atoms with Gasteiger partial charge in [-0.05, 0) is 105 Å². The topological polar surface area (TPSA) is 27.7 Å². The summed E-state index contributed by atoms with van der Waals surface area (Å²) >= 11 is 0. The molecule has 10 heteroatoms. The van der Waals surface area contributed by atoms with Gasteiger partial charge in [-0.3, -0.25) is 0 Å². The molecule has 4 fully saturated rings. The largest absolute Gasteiger partial charge is 0.486 e. The summed E-state index contributed by atoms with van der Waals surface area (Å²) in [6.45, 7) is -1.18. The number of ether oxygens (including phenoxy) is 3. The molecule has 4 aliphatic rings. The van der Waals surface area contributed by atoms with E-state index in [0.29, 0.717) is 0 Å². The summed E-state index contributed by atoms with van der Waals surface area (Å²) in [6.07, 6.45) is -10.7. The summed E-state index contributed by atoms with van der Waals surface area (Å²) in [5.41, 5.74) is -5.91. The normalized spacial score (nSPS) is 25.8. The Hall–Kier alpha value is -2.69. The molecule has 0 heterocycles. The van der Waals surface area contributed by atoms with Gasteiger partial charge in [-0.25, -0.2) is 0 Å². The van der Waals surface area contributed by atoms with E-state index in [-0.39, 0.29) is 42.8 Å². The molecule has 0 spiro atoms. The van der Waals surface area contributed by atoms with E-state index < -0.39 is 47.2 Å². The Balaban J connectivity index is 1.42. The van der Waals surface area contributed by atoms with E-state index in [1.807, 2.05) is 60.7 Å². The van der Waals surface area contributed by atoms with Crippen molar-refractivity contribution in [2.24, 2.45) is 23.2 Å². The van der Waals surface area contributed by atoms with E-state index in [9.17, 15) is 26.3 Å². The summed E-state index contributed by atoms with van der Waals surface area (Å²) in [5, 5.41) is 0. The molecule has 0 aliphatic heterocycles. The number of halogens is 6. The molecule has 3 aromatic rings. The smallest absolute Gasteiger partial charge is 0.430 e. The molecular weight excluding hydrogens is 602 g/mol. The number of hydrogen-bond acceptors (Lipinski definition) is 3. The first-order valence-electron chi connectivity index (χ1n) is 14.8. The quantitative estimate of drug-likeness (QED) is 0.126. The van der Waals surface area contributed by atoms with Crippen LogP contribution in [0.1, 0.15) is 38.5 Å². The van der Waals surface area contributed by atoms with Crippen molar-refractivity contribution < 1.29 is 40.6 Å². The summed E-state index contributed by atoms with van der Waals surface area (Å²) in [6, 6.07) is 26.0. The van der Waals surface area contributed by atoms with Gasteiger partial charge in [0.1, 0.15) is 12.5 Å². The average Bonchev–Trinajstić information content (AvgIpc) is 2.97. The van der Waals surface area contributed by atoms with Crippen molar-refractivity contribution >= 4 is 10.9 Å². The molecule has 4 bridgehead atoms. The minimum absolute atomic E-state index is 0.0574. The first-order valence-corrected chi connectivity index (χ1v) is 16.1. The molecule has 0 aromatic heterocycles. The fourth-order valence-electron chi connectivity index (χ4n) is 8.30. The summed E-state index contributed by atoms with van der Waals surface area (Å²) in [5.74, 6) is 0.179. The number of alkyl halides is 6. The third-order valence-electron chi connectivity index (χ3n) is 9.53. The number of hydrogen-bond donors (Lipinski definition) is 0. The predicted octanol–water partition coefficient (Wildman–Crippen LogP) is 9.23. The Morgan fingerprint density at radius 3 is 1.52 bits per heavy atom. The van der Waals surface area contributed by atoms with Crippen LogP contribution in [0.25, 0.3) is 0 Å². The highest BCUT2D eigenvalue weighted by atomic mass is 32.2. The van der Waals surface area contributed by atoms with Crippen molar-refractivity contribution in [3.63, 3.8) is 0 Å². The first kappa shape index (κ1) is 31.3. The van der Waals surface area contributed by atoms with Crippen LogP contribution in [0.15, 0.2) is 99.6 Å². The number of rotatable bonds is 10. The van der Waals surface area contributed by atoms with Gasteiger partial charge < -0.3 is 14.2 Å². The van der Waals surface area contributed by atoms with Crippen molar-refractivity contribution in [1.29, 1.82) is 0 Å². The Morgan fingerprint density at radius 2 is 1.11 bits per heavy atom. The van der Waals surface area contributed by atoms with Crippen LogP contribution in [0.5, 0.6) is 5.75 Å². The standard InChI is InChI=1S/C34H35F6O3S/c1-41-22-42-32(33(35,36)37,34(38,39)40)30(31-19-23-16-24(20-31)18-25(17-23)21-31)43-26-12-14-29(15-13-26)44(27-8-4-2-5-9-27)28-10-6-3-7-11-28/h2-15,23-25,30H,16-22H2,1H3/q+1. The second kappa shape index (κ2) is 11.9. The molecule has 3 aromatic carbocycles. The maximum absolute atomic E-state index is 15.0. The van der Waals surface area contributed by atoms with E-state index >= 15 is 0 Å². The van der Waals surface area contributed by atoms with Gasteiger partial charge in [-0.15, -0.1) is 0 Å². The van der Waals surface area contributed by atoms with E-state index in [4.69, 9.17) is 9.47 Å². The van der Waals surface area contributed by atoms with Gasteiger partial charge in [0, 0.05) is 12.5 Å². The Labute approximate surface area is 256 Å². The highest BCUT2D eigenvalue weighted by Crippen LogP contribution is 2.66. The number of methoxy groups -OCH3 is 1. The summed E-state index contributed by atoms with van der Waals surface area (Å²) < 4.78 is 106. The van der Waals surface area contributed by atoms with Crippen molar-refractivity contribution in [2.75, 3.05) is 13.9 Å². The highest BCUT2D eigenvalue weighted by molar-refractivity contribution is 7.97. The van der Waals surface area contributed by atoms with Crippen LogP contribution in [0.3, 0.4) is 0 Å². The van der Waals surface area contributed by atoms with Crippen LogP contribution in [-0.4, -0.2) is 38.0 Å². The first-order chi connectivity index (χ1) is 21.0. The summed E-state index contributed by atoms with van der Waals surface area (Å²) in [4.78, 5) is 2.91. The molecule has 1 unspecified atom stereocenters. The molecule has 3 nitrogen and oxygen atoms in total. The van der Waals surface area contributed by atoms with Gasteiger partial charge in [0.05, 0.1) is 10.9 Å². The van der Waals surface area contributed by atoms with Gasteiger partial charge in [0.25, 0.3) is 5.60 Å². The van der Waals surface area contributed by atoms with Gasteiger partial charge in [0.2, 0.25) is 0 Å². The lowest BCUT2D eigenvalue weighted by Crippen LogP contribution is -2.73. The second-order valence-electron chi connectivity index (χ2n) is 12.5. The predicted molar refractivity (Wildman–Crippen MR) is 154 cm³/mol. The van der Waals surface area contributed by atoms with E-state index in [2.05, 4.69) is 4.74 Å². The molecule has 7 rings (SSSR count). The maximum atomic E-state index is 15.0. The molecule has 4 aliphatic carbocycles. The minimum atomic E-state index is -5.81. The molecule has 0 amide bonds. The van der Waals surface area contributed by atoms with Crippen molar-refractivity contribution in [1.82, 2.24) is 0 Å². The van der Waals surface area contributed by atoms with Gasteiger partial charge >= 0.3 is 12.4 Å². The van der Waals surface area contributed by atoms with Crippen molar-refractivity contribution in [3.8, 4) is 5.75 Å². The molecule has 4 saturated carbocycles. The molecule has 236 valence electrons. The zero-order valence-corrected chi connectivity index (χ0v) is 25.1. The molecular formula is C34H35F6O3S+. The van der Waals surface area contributed by atoms with Crippen LogP contribution in [0.2, 0.25) is 0 Å². The van der Waals surface area contributed by atoms with Gasteiger partial charge in [0.15, 0.2) is 20.8 Å². The average molecular weight is 638 g/mol. The van der Waals surface area contributed by atoms with E-state index in [1.54, 1.807) is 12.1 Å². The van der Waals surface area contributed by atoms with Crippen molar-refractivity contribution in [3.05, 3.63) is 84.9 Å². The Morgan fingerprint density at radius 1 is 0.682 bits per heavy atom. The third kappa shape index (κ3) is 5.62. The lowest BCUT2D eigenvalue weighted by Gasteiger charge is -2.61. The summed E-state index contributed by atoms with van der Waals surface area (Å²) in [7, 11) is 0.457. The van der Waals surface area contributed by atoms with Gasteiger partial charge in [-0.2, -0.15) is 26.3 Å². The van der Waals surface area contributed by atoms with Crippen LogP contribution in [-0.2, 0) is 20.4 Å². The second-order valence-corrected chi connectivity index (χ2v) is 14.5. The zero-order chi connectivity index (χ0) is 31.2. The van der Waals surface area contributed by atoms with Crippen LogP contribution in [0, 0.1) is 23.2 Å². The fraction of sp³-hybridized carbons (Fsp3) is 0.471. The molecule has 0 radical (unpaired) electrons. The van der Waals surface area contributed by atoms with E-state index in [0.717, 1.165) is 41.1 Å². The van der Waals surface area contributed by atoms with Crippen LogP contribution >= 0.6 is 0 Å². The van der Waals surface area contributed by atoms with E-state index in [1.165, 1.54) is 12.1 Å². The lowest BCUT2D eigenvalue weighted by molar-refractivity contribution is -0.424. The van der Waals surface area contributed by atoms with Crippen LogP contribution < -0.4 is 4.74 Å². The Bertz CT molecular complexity index is 1310. The molecule has 44 heavy (non-hydrogen) atoms. The van der Waals surface area contributed by atoms with Crippen LogP contribution in [0.4, 0.5) is 26.3 Å². The number of benzene rings is 3. The lowest BCUT2D eigenvalue weighted by atomic mass is 9.46.